The third kappa shape index (κ3) is 4.97. The van der Waals surface area contributed by atoms with Gasteiger partial charge in [-0.25, -0.2) is 31.1 Å². The number of nitrogens with one attached hydrogen (secondary N) is 1. The first-order valence-electron chi connectivity index (χ1n) is 6.16. The molecule has 0 aliphatic rings. The Bertz CT molecular complexity index is 650. The molecule has 0 spiro atoms. The van der Waals surface area contributed by atoms with E-state index in [1.165, 1.54) is 6.92 Å². The Hall–Kier alpha value is -1.65. The summed E-state index contributed by atoms with van der Waals surface area (Å²) in [6, 6.07) is 2.22. The number of benzene rings is 1. The second kappa shape index (κ2) is 7.07. The van der Waals surface area contributed by atoms with E-state index in [9.17, 15) is 26.4 Å². The van der Waals surface area contributed by atoms with Crippen molar-refractivity contribution in [2.24, 2.45) is 5.73 Å². The van der Waals surface area contributed by atoms with Crippen LogP contribution in [0.25, 0.3) is 0 Å². The van der Waals surface area contributed by atoms with Crippen LogP contribution in [0.4, 0.5) is 13.2 Å². The van der Waals surface area contributed by atoms with Crippen molar-refractivity contribution in [3.63, 3.8) is 0 Å². The van der Waals surface area contributed by atoms with Crippen molar-refractivity contribution in [2.45, 2.75) is 17.7 Å². The molecule has 1 aromatic rings. The van der Waals surface area contributed by atoms with Crippen molar-refractivity contribution in [3.8, 4) is 0 Å². The highest BCUT2D eigenvalue weighted by Gasteiger charge is 2.29. The molecule has 0 aliphatic heterocycles. The van der Waals surface area contributed by atoms with Crippen LogP contribution in [-0.2, 0) is 14.8 Å². The van der Waals surface area contributed by atoms with Crippen molar-refractivity contribution >= 4 is 16.0 Å². The molecule has 0 unspecified atom stereocenters. The van der Waals surface area contributed by atoms with Gasteiger partial charge in [0.05, 0.1) is 30.2 Å². The number of hydrogen-bond donors (Lipinski definition) is 2. The number of ether oxygens (including phenoxy) is 1. The predicted molar refractivity (Wildman–Crippen MR) is 71.5 cm³/mol. The van der Waals surface area contributed by atoms with Crippen LogP contribution in [-0.4, -0.2) is 40.0 Å². The van der Waals surface area contributed by atoms with Crippen molar-refractivity contribution in [1.82, 2.24) is 4.72 Å². The minimum absolute atomic E-state index is 0.0123. The van der Waals surface area contributed by atoms with Gasteiger partial charge < -0.3 is 10.5 Å². The molecule has 0 saturated carbocycles. The lowest BCUT2D eigenvalue weighted by Crippen LogP contribution is -2.41. The number of carbonyl (C=O) groups is 1. The zero-order valence-corrected chi connectivity index (χ0v) is 12.4. The van der Waals surface area contributed by atoms with Crippen molar-refractivity contribution in [1.29, 1.82) is 0 Å². The third-order valence-corrected chi connectivity index (χ3v) is 3.89. The molecule has 3 N–H and O–H groups in total. The topological polar surface area (TPSA) is 98.5 Å². The van der Waals surface area contributed by atoms with Crippen molar-refractivity contribution < 1.29 is 31.1 Å². The number of alkyl halides is 2. The molecule has 0 saturated heterocycles. The van der Waals surface area contributed by atoms with Crippen LogP contribution in [0.3, 0.4) is 0 Å². The molecule has 0 aromatic heterocycles. The molecule has 1 aromatic carbocycles. The zero-order valence-electron chi connectivity index (χ0n) is 11.6. The molecule has 6 nitrogen and oxygen atoms in total. The Labute approximate surface area is 125 Å². The number of halogens is 3. The quantitative estimate of drug-likeness (QED) is 0.718. The maximum Gasteiger partial charge on any atom is 0.338 e. The Balaban J connectivity index is 3.07. The van der Waals surface area contributed by atoms with E-state index in [2.05, 4.69) is 4.74 Å². The van der Waals surface area contributed by atoms with Gasteiger partial charge in [-0.15, -0.1) is 0 Å². The van der Waals surface area contributed by atoms with Crippen LogP contribution < -0.4 is 10.5 Å². The first-order valence-corrected chi connectivity index (χ1v) is 7.65. The largest absolute Gasteiger partial charge is 0.462 e. The summed E-state index contributed by atoms with van der Waals surface area (Å²) >= 11 is 0. The van der Waals surface area contributed by atoms with Crippen molar-refractivity contribution in [2.75, 3.05) is 19.7 Å². The van der Waals surface area contributed by atoms with Crippen LogP contribution in [0.15, 0.2) is 23.1 Å². The van der Waals surface area contributed by atoms with Gasteiger partial charge in [-0.1, -0.05) is 0 Å². The van der Waals surface area contributed by atoms with E-state index in [1.807, 2.05) is 0 Å². The summed E-state index contributed by atoms with van der Waals surface area (Å²) in [6.07, 6.45) is 0. The number of hydrogen-bond acceptors (Lipinski definition) is 5. The molecule has 0 heterocycles. The molecular weight excluding hydrogens is 325 g/mol. The molecule has 1 rings (SSSR count). The highest BCUT2D eigenvalue weighted by molar-refractivity contribution is 7.89. The molecule has 0 bridgehead atoms. The minimum Gasteiger partial charge on any atom is -0.462 e. The smallest absolute Gasteiger partial charge is 0.338 e. The molecule has 0 amide bonds. The van der Waals surface area contributed by atoms with E-state index >= 15 is 0 Å². The average Bonchev–Trinajstić information content (AvgIpc) is 2.45. The van der Waals surface area contributed by atoms with E-state index in [0.29, 0.717) is 6.07 Å². The van der Waals surface area contributed by atoms with Gasteiger partial charge in [0, 0.05) is 0 Å². The molecule has 0 aliphatic carbocycles. The molecule has 22 heavy (non-hydrogen) atoms. The van der Waals surface area contributed by atoms with Gasteiger partial charge in [0.15, 0.2) is 0 Å². The number of esters is 1. The van der Waals surface area contributed by atoms with Crippen LogP contribution in [0.1, 0.15) is 17.3 Å². The van der Waals surface area contributed by atoms with Crippen LogP contribution in [0, 0.1) is 5.82 Å². The van der Waals surface area contributed by atoms with E-state index in [1.54, 1.807) is 4.72 Å². The highest BCUT2D eigenvalue weighted by Crippen LogP contribution is 2.17. The molecule has 0 atom stereocenters. The van der Waals surface area contributed by atoms with Gasteiger partial charge in [-0.05, 0) is 25.1 Å². The summed E-state index contributed by atoms with van der Waals surface area (Å²) in [5, 5.41) is 0. The number of nitrogens with two attached hydrogens (primary N) is 1. The summed E-state index contributed by atoms with van der Waals surface area (Å²) in [7, 11) is -4.43. The molecule has 0 fully saturated rings. The maximum atomic E-state index is 13.4. The standard InChI is InChI=1S/C12H15F3N2O4S/c1-2-21-11(18)8-3-9(13)5-10(4-8)22(19,20)17-7-12(14,15)6-16/h3-5,17H,2,6-7,16H2,1H3. The molecule has 124 valence electrons. The lowest BCUT2D eigenvalue weighted by molar-refractivity contribution is 0.0170. The fourth-order valence-electron chi connectivity index (χ4n) is 1.41. The Morgan fingerprint density at radius 1 is 1.36 bits per heavy atom. The molecule has 10 heteroatoms. The van der Waals surface area contributed by atoms with E-state index < -0.39 is 45.7 Å². The summed E-state index contributed by atoms with van der Waals surface area (Å²) in [5.41, 5.74) is 4.45. The van der Waals surface area contributed by atoms with Gasteiger partial charge in [0.2, 0.25) is 10.0 Å². The summed E-state index contributed by atoms with van der Waals surface area (Å²) < 4.78 is 69.4. The average molecular weight is 340 g/mol. The zero-order chi connectivity index (χ0) is 17.0. The Morgan fingerprint density at radius 3 is 2.55 bits per heavy atom. The maximum absolute atomic E-state index is 13.4. The third-order valence-electron chi connectivity index (χ3n) is 2.51. The fraction of sp³-hybridized carbons (Fsp3) is 0.417. The van der Waals surface area contributed by atoms with Crippen LogP contribution >= 0.6 is 0 Å². The lowest BCUT2D eigenvalue weighted by Gasteiger charge is -2.15. The van der Waals surface area contributed by atoms with Gasteiger partial charge >= 0.3 is 5.97 Å². The summed E-state index contributed by atoms with van der Waals surface area (Å²) in [5.74, 6) is -5.38. The molecular formula is C12H15F3N2O4S. The molecule has 0 radical (unpaired) electrons. The first-order chi connectivity index (χ1) is 10.1. The van der Waals surface area contributed by atoms with Gasteiger partial charge in [-0.3, -0.25) is 0 Å². The second-order valence-corrected chi connectivity index (χ2v) is 6.05. The lowest BCUT2D eigenvalue weighted by atomic mass is 10.2. The second-order valence-electron chi connectivity index (χ2n) is 4.28. The van der Waals surface area contributed by atoms with Crippen molar-refractivity contribution in [3.05, 3.63) is 29.6 Å². The Morgan fingerprint density at radius 2 is 2.00 bits per heavy atom. The first kappa shape index (κ1) is 18.4. The SMILES string of the molecule is CCOC(=O)c1cc(F)cc(S(=O)(=O)NCC(F)(F)CN)c1. The normalized spacial score (nSPS) is 12.2. The fourth-order valence-corrected chi connectivity index (χ4v) is 2.52. The summed E-state index contributed by atoms with van der Waals surface area (Å²) in [6.45, 7) is -0.756. The van der Waals surface area contributed by atoms with Crippen LogP contribution in [0.5, 0.6) is 0 Å². The summed E-state index contributed by atoms with van der Waals surface area (Å²) in [4.78, 5) is 10.8. The van der Waals surface area contributed by atoms with Gasteiger partial charge in [-0.2, -0.15) is 0 Å². The predicted octanol–water partition coefficient (Wildman–Crippen LogP) is 0.875. The van der Waals surface area contributed by atoms with E-state index in [4.69, 9.17) is 5.73 Å². The van der Waals surface area contributed by atoms with Gasteiger partial charge in [0.25, 0.3) is 5.92 Å². The highest BCUT2D eigenvalue weighted by atomic mass is 32.2. The van der Waals surface area contributed by atoms with Gasteiger partial charge in [0.1, 0.15) is 5.82 Å². The Kier molecular flexibility index (Phi) is 5.92. The van der Waals surface area contributed by atoms with E-state index in [-0.39, 0.29) is 12.2 Å². The number of sulfonamides is 1. The monoisotopic (exact) mass is 340 g/mol. The number of rotatable bonds is 7. The van der Waals surface area contributed by atoms with Crippen LogP contribution in [0.2, 0.25) is 0 Å². The van der Waals surface area contributed by atoms with E-state index in [0.717, 1.165) is 12.1 Å². The number of carbonyl (C=O) groups excluding carboxylic acids is 1. The minimum atomic E-state index is -4.43.